The fourth-order valence-electron chi connectivity index (χ4n) is 1.61. The highest BCUT2D eigenvalue weighted by Crippen LogP contribution is 2.26. The molecule has 0 bridgehead atoms. The summed E-state index contributed by atoms with van der Waals surface area (Å²) in [7, 11) is 0. The molecule has 15 heavy (non-hydrogen) atoms. The van der Waals surface area contributed by atoms with Gasteiger partial charge in [-0.1, -0.05) is 0 Å². The van der Waals surface area contributed by atoms with Crippen molar-refractivity contribution < 1.29 is 30.0 Å². The second kappa shape index (κ2) is 4.86. The van der Waals surface area contributed by atoms with E-state index in [1.165, 1.54) is 0 Å². The highest BCUT2D eigenvalue weighted by Gasteiger charge is 2.43. The van der Waals surface area contributed by atoms with E-state index < -0.39 is 43.0 Å². The summed E-state index contributed by atoms with van der Waals surface area (Å²) in [4.78, 5) is 10.6. The van der Waals surface area contributed by atoms with Gasteiger partial charge in [0.05, 0.1) is 12.7 Å². The molecule has 6 N–H and O–H groups in total. The third-order valence-electron chi connectivity index (χ3n) is 2.47. The molecule has 0 aromatic heterocycles. The maximum absolute atomic E-state index is 10.6. The van der Waals surface area contributed by atoms with Gasteiger partial charge in [0.25, 0.3) is 0 Å². The highest BCUT2D eigenvalue weighted by molar-refractivity contribution is 5.74. The van der Waals surface area contributed by atoms with Crippen molar-refractivity contribution in [2.24, 2.45) is 11.7 Å². The first-order chi connectivity index (χ1) is 6.97. The molecule has 1 heterocycles. The average molecular weight is 221 g/mol. The summed E-state index contributed by atoms with van der Waals surface area (Å²) in [5.41, 5.74) is 4.91. The second-order valence-electron chi connectivity index (χ2n) is 3.56. The van der Waals surface area contributed by atoms with Crippen LogP contribution in [0.25, 0.3) is 0 Å². The lowest BCUT2D eigenvalue weighted by atomic mass is 9.88. The Kier molecular flexibility index (Phi) is 4.00. The molecule has 5 atom stereocenters. The zero-order chi connectivity index (χ0) is 11.6. The zero-order valence-corrected chi connectivity index (χ0v) is 7.98. The average Bonchev–Trinajstić information content (AvgIpc) is 2.18. The minimum atomic E-state index is -1.42. The minimum absolute atomic E-state index is 0.294. The van der Waals surface area contributed by atoms with Gasteiger partial charge in [-0.3, -0.25) is 4.79 Å². The lowest BCUT2D eigenvalue weighted by Gasteiger charge is -2.39. The van der Waals surface area contributed by atoms with E-state index in [0.717, 1.165) is 0 Å². The second-order valence-corrected chi connectivity index (χ2v) is 3.56. The Hall–Kier alpha value is -0.730. The summed E-state index contributed by atoms with van der Waals surface area (Å²) >= 11 is 0. The van der Waals surface area contributed by atoms with Crippen molar-refractivity contribution in [3.05, 3.63) is 0 Å². The van der Waals surface area contributed by atoms with Crippen LogP contribution in [-0.4, -0.2) is 57.5 Å². The fourth-order valence-corrected chi connectivity index (χ4v) is 1.61. The van der Waals surface area contributed by atoms with Crippen LogP contribution in [0.4, 0.5) is 0 Å². The summed E-state index contributed by atoms with van der Waals surface area (Å²) < 4.78 is 4.82. The quantitative estimate of drug-likeness (QED) is 0.343. The summed E-state index contributed by atoms with van der Waals surface area (Å²) in [6.07, 6.45) is -5.47. The largest absolute Gasteiger partial charge is 0.394 e. The Morgan fingerprint density at radius 1 is 1.27 bits per heavy atom. The first-order valence-electron chi connectivity index (χ1n) is 4.56. The smallest absolute Gasteiger partial charge is 0.217 e. The number of hydrogen-bond donors (Lipinski definition) is 5. The number of amides is 1. The fraction of sp³-hybridized carbons (Fsp3) is 0.875. The van der Waals surface area contributed by atoms with Gasteiger partial charge in [-0.2, -0.15) is 0 Å². The predicted octanol–water partition coefficient (Wildman–Crippen LogP) is -3.09. The molecule has 0 aromatic carbocycles. The summed E-state index contributed by atoms with van der Waals surface area (Å²) in [6, 6.07) is 0. The van der Waals surface area contributed by atoms with Gasteiger partial charge in [-0.05, 0) is 0 Å². The van der Waals surface area contributed by atoms with Crippen molar-refractivity contribution in [2.45, 2.75) is 31.0 Å². The van der Waals surface area contributed by atoms with E-state index >= 15 is 0 Å². The first kappa shape index (κ1) is 12.3. The van der Waals surface area contributed by atoms with Crippen molar-refractivity contribution >= 4 is 5.91 Å². The molecule has 0 radical (unpaired) electrons. The summed E-state index contributed by atoms with van der Waals surface area (Å²) in [6.45, 7) is -0.529. The Labute approximate surface area is 86.1 Å². The standard InChI is InChI=1S/C8H15NO6/c9-5(11)1-3-6(12)7(13)4(2-10)15-8(3)14/h3-4,6-8,10,12-14H,1-2H2,(H2,9,11)/t3-,4-,6-,7+,8-/m1/s1. The van der Waals surface area contributed by atoms with Gasteiger partial charge in [0.1, 0.15) is 12.2 Å². The van der Waals surface area contributed by atoms with Gasteiger partial charge in [0, 0.05) is 12.3 Å². The number of rotatable bonds is 3. The third-order valence-corrected chi connectivity index (χ3v) is 2.47. The number of primary amides is 1. The van der Waals surface area contributed by atoms with Crippen LogP contribution < -0.4 is 5.73 Å². The molecule has 0 unspecified atom stereocenters. The zero-order valence-electron chi connectivity index (χ0n) is 7.98. The molecule has 1 aliphatic heterocycles. The molecule has 7 nitrogen and oxygen atoms in total. The third kappa shape index (κ3) is 2.64. The van der Waals surface area contributed by atoms with Crippen LogP contribution in [-0.2, 0) is 9.53 Å². The lowest BCUT2D eigenvalue weighted by molar-refractivity contribution is -0.269. The molecule has 0 saturated carbocycles. The maximum atomic E-state index is 10.6. The molecule has 1 amide bonds. The van der Waals surface area contributed by atoms with Crippen LogP contribution in [0.2, 0.25) is 0 Å². The van der Waals surface area contributed by atoms with Crippen LogP contribution in [0, 0.1) is 5.92 Å². The first-order valence-corrected chi connectivity index (χ1v) is 4.56. The molecule has 0 aromatic rings. The Morgan fingerprint density at radius 2 is 1.87 bits per heavy atom. The molecule has 7 heteroatoms. The van der Waals surface area contributed by atoms with Crippen molar-refractivity contribution in [3.8, 4) is 0 Å². The minimum Gasteiger partial charge on any atom is -0.394 e. The Morgan fingerprint density at radius 3 is 2.33 bits per heavy atom. The predicted molar refractivity (Wildman–Crippen MR) is 47.3 cm³/mol. The van der Waals surface area contributed by atoms with E-state index in [1.807, 2.05) is 0 Å². The topological polar surface area (TPSA) is 133 Å². The molecule has 1 saturated heterocycles. The molecule has 1 rings (SSSR count). The SMILES string of the molecule is NC(=O)C[C@@H]1[C@@H](O)[C@@H](O)[C@@H](CO)O[C@H]1O. The van der Waals surface area contributed by atoms with E-state index in [2.05, 4.69) is 0 Å². The number of aliphatic hydroxyl groups is 4. The Balaban J connectivity index is 2.70. The van der Waals surface area contributed by atoms with Gasteiger partial charge in [0.15, 0.2) is 6.29 Å². The molecule has 1 fully saturated rings. The van der Waals surface area contributed by atoms with E-state index in [9.17, 15) is 20.1 Å². The number of carbonyl (C=O) groups is 1. The normalized spacial score (nSPS) is 41.5. The van der Waals surface area contributed by atoms with Crippen molar-refractivity contribution in [1.29, 1.82) is 0 Å². The molecular formula is C8H15NO6. The van der Waals surface area contributed by atoms with E-state index in [-0.39, 0.29) is 6.42 Å². The number of hydrogen-bond acceptors (Lipinski definition) is 6. The van der Waals surface area contributed by atoms with Gasteiger partial charge in [-0.15, -0.1) is 0 Å². The van der Waals surface area contributed by atoms with Crippen LogP contribution in [0.15, 0.2) is 0 Å². The highest BCUT2D eigenvalue weighted by atomic mass is 16.6. The van der Waals surface area contributed by atoms with Gasteiger partial charge in [0.2, 0.25) is 5.91 Å². The summed E-state index contributed by atoms with van der Waals surface area (Å²) in [5.74, 6) is -1.68. The number of ether oxygens (including phenoxy) is 1. The monoisotopic (exact) mass is 221 g/mol. The number of carbonyl (C=O) groups excluding carboxylic acids is 1. The molecule has 0 aliphatic carbocycles. The van der Waals surface area contributed by atoms with Crippen molar-refractivity contribution in [1.82, 2.24) is 0 Å². The maximum Gasteiger partial charge on any atom is 0.217 e. The number of aliphatic hydroxyl groups excluding tert-OH is 4. The molecule has 88 valence electrons. The van der Waals surface area contributed by atoms with E-state index in [4.69, 9.17) is 15.6 Å². The van der Waals surface area contributed by atoms with E-state index in [1.54, 1.807) is 0 Å². The van der Waals surface area contributed by atoms with Crippen molar-refractivity contribution in [3.63, 3.8) is 0 Å². The van der Waals surface area contributed by atoms with Crippen LogP contribution in [0.5, 0.6) is 0 Å². The van der Waals surface area contributed by atoms with E-state index in [0.29, 0.717) is 0 Å². The van der Waals surface area contributed by atoms with Crippen LogP contribution in [0.1, 0.15) is 6.42 Å². The molecular weight excluding hydrogens is 206 g/mol. The van der Waals surface area contributed by atoms with Crippen LogP contribution in [0.3, 0.4) is 0 Å². The Bertz CT molecular complexity index is 235. The number of nitrogens with two attached hydrogens (primary N) is 1. The van der Waals surface area contributed by atoms with Gasteiger partial charge < -0.3 is 30.9 Å². The van der Waals surface area contributed by atoms with Crippen molar-refractivity contribution in [2.75, 3.05) is 6.61 Å². The van der Waals surface area contributed by atoms with Gasteiger partial charge in [-0.25, -0.2) is 0 Å². The lowest BCUT2D eigenvalue weighted by Crippen LogP contribution is -2.56. The summed E-state index contributed by atoms with van der Waals surface area (Å²) in [5, 5.41) is 37.2. The van der Waals surface area contributed by atoms with Gasteiger partial charge >= 0.3 is 0 Å². The molecule has 1 aliphatic rings. The molecule has 0 spiro atoms. The van der Waals surface area contributed by atoms with Crippen LogP contribution >= 0.6 is 0 Å².